The Morgan fingerprint density at radius 3 is 2.41 bits per heavy atom. The second kappa shape index (κ2) is 8.12. The molecule has 0 radical (unpaired) electrons. The molecule has 1 unspecified atom stereocenters. The topological polar surface area (TPSA) is 0 Å². The van der Waals surface area contributed by atoms with Crippen LogP contribution >= 0.6 is 0 Å². The molecule has 1 saturated carbocycles. The van der Waals surface area contributed by atoms with Gasteiger partial charge >= 0.3 is 0 Å². The molecule has 2 aliphatic carbocycles. The Morgan fingerprint density at radius 1 is 0.852 bits per heavy atom. The van der Waals surface area contributed by atoms with Crippen LogP contribution in [0, 0.1) is 17.6 Å². The van der Waals surface area contributed by atoms with Gasteiger partial charge in [-0.2, -0.15) is 0 Å². The largest absolute Gasteiger partial charge is 0.207 e. The van der Waals surface area contributed by atoms with Crippen molar-refractivity contribution in [3.63, 3.8) is 0 Å². The minimum absolute atomic E-state index is 0.0620. The molecule has 1 fully saturated rings. The predicted octanol–water partition coefficient (Wildman–Crippen LogP) is 7.31. The number of rotatable bonds is 4. The van der Waals surface area contributed by atoms with Crippen molar-refractivity contribution in [1.29, 1.82) is 0 Å². The zero-order valence-electron chi connectivity index (χ0n) is 16.3. The number of halogens is 2. The highest BCUT2D eigenvalue weighted by atomic mass is 19.1. The van der Waals surface area contributed by atoms with Crippen LogP contribution in [0.5, 0.6) is 0 Å². The van der Waals surface area contributed by atoms with Crippen LogP contribution in [0.2, 0.25) is 0 Å². The Morgan fingerprint density at radius 2 is 1.67 bits per heavy atom. The van der Waals surface area contributed by atoms with E-state index >= 15 is 0 Å². The average molecular weight is 369 g/mol. The number of hydrogen-bond acceptors (Lipinski definition) is 0. The summed E-state index contributed by atoms with van der Waals surface area (Å²) in [6, 6.07) is 11.0. The smallest absolute Gasteiger partial charge is 0.126 e. The van der Waals surface area contributed by atoms with Gasteiger partial charge in [-0.1, -0.05) is 38.0 Å². The maximum atomic E-state index is 15.0. The molecule has 0 aromatic heterocycles. The van der Waals surface area contributed by atoms with Gasteiger partial charge in [-0.05, 0) is 103 Å². The summed E-state index contributed by atoms with van der Waals surface area (Å²) in [7, 11) is 0. The maximum Gasteiger partial charge on any atom is 0.126 e. The minimum Gasteiger partial charge on any atom is -0.207 e. The first-order valence-corrected chi connectivity index (χ1v) is 10.7. The summed E-state index contributed by atoms with van der Waals surface area (Å²) < 4.78 is 28.5. The molecule has 0 N–H and O–H groups in total. The molecule has 0 aliphatic heterocycles. The standard InChI is InChI=1S/C25H30F2/c1-2-3-17-4-6-18(7-5-17)20-11-13-24(25(27)16-20)21-9-8-19-10-12-23(26)15-22(19)14-21/h10-13,15-18,21H,2-9,14H2,1H3. The van der Waals surface area contributed by atoms with Gasteiger partial charge < -0.3 is 0 Å². The fourth-order valence-electron chi connectivity index (χ4n) is 5.31. The van der Waals surface area contributed by atoms with E-state index in [0.717, 1.165) is 36.3 Å². The Balaban J connectivity index is 1.46. The van der Waals surface area contributed by atoms with E-state index in [9.17, 15) is 8.78 Å². The van der Waals surface area contributed by atoms with Crippen molar-refractivity contribution >= 4 is 0 Å². The van der Waals surface area contributed by atoms with Gasteiger partial charge in [0.2, 0.25) is 0 Å². The zero-order chi connectivity index (χ0) is 18.8. The molecule has 2 aliphatic rings. The average Bonchev–Trinajstić information content (AvgIpc) is 2.68. The van der Waals surface area contributed by atoms with Gasteiger partial charge in [0, 0.05) is 0 Å². The van der Waals surface area contributed by atoms with Gasteiger partial charge in [0.1, 0.15) is 11.6 Å². The van der Waals surface area contributed by atoms with E-state index in [0.29, 0.717) is 5.92 Å². The van der Waals surface area contributed by atoms with E-state index < -0.39 is 0 Å². The molecule has 0 amide bonds. The molecule has 0 heterocycles. The first-order valence-electron chi connectivity index (χ1n) is 10.7. The third-order valence-corrected chi connectivity index (χ3v) is 6.88. The van der Waals surface area contributed by atoms with E-state index in [4.69, 9.17) is 0 Å². The molecule has 0 nitrogen and oxygen atoms in total. The Bertz CT molecular complexity index is 787. The molecule has 2 aromatic carbocycles. The lowest BCUT2D eigenvalue weighted by Crippen LogP contribution is -2.16. The number of hydrogen-bond donors (Lipinski definition) is 0. The molecule has 144 valence electrons. The molecule has 2 aromatic rings. The quantitative estimate of drug-likeness (QED) is 0.530. The highest BCUT2D eigenvalue weighted by Gasteiger charge is 2.25. The molecule has 2 heteroatoms. The van der Waals surface area contributed by atoms with Gasteiger partial charge in [0.15, 0.2) is 0 Å². The Labute approximate surface area is 162 Å². The lowest BCUT2D eigenvalue weighted by atomic mass is 9.76. The lowest BCUT2D eigenvalue weighted by molar-refractivity contribution is 0.308. The Kier molecular flexibility index (Phi) is 5.61. The van der Waals surface area contributed by atoms with Gasteiger partial charge in [0.05, 0.1) is 0 Å². The van der Waals surface area contributed by atoms with Crippen LogP contribution in [0.25, 0.3) is 0 Å². The van der Waals surface area contributed by atoms with Crippen LogP contribution in [0.1, 0.15) is 86.0 Å². The highest BCUT2D eigenvalue weighted by molar-refractivity contribution is 5.36. The van der Waals surface area contributed by atoms with Crippen molar-refractivity contribution < 1.29 is 8.78 Å². The summed E-state index contributed by atoms with van der Waals surface area (Å²) in [6.45, 7) is 2.26. The van der Waals surface area contributed by atoms with Gasteiger partial charge in [0.25, 0.3) is 0 Å². The van der Waals surface area contributed by atoms with E-state index in [-0.39, 0.29) is 17.6 Å². The number of fused-ring (bicyclic) bond motifs is 1. The highest BCUT2D eigenvalue weighted by Crippen LogP contribution is 2.39. The first-order chi connectivity index (χ1) is 13.1. The fourth-order valence-corrected chi connectivity index (χ4v) is 5.31. The molecule has 0 saturated heterocycles. The molecule has 0 spiro atoms. The monoisotopic (exact) mass is 368 g/mol. The fraction of sp³-hybridized carbons (Fsp3) is 0.520. The molecule has 1 atom stereocenters. The summed E-state index contributed by atoms with van der Waals surface area (Å²) >= 11 is 0. The second-order valence-corrected chi connectivity index (χ2v) is 8.64. The van der Waals surface area contributed by atoms with E-state index in [2.05, 4.69) is 13.0 Å². The van der Waals surface area contributed by atoms with Gasteiger partial charge in [-0.25, -0.2) is 8.78 Å². The first kappa shape index (κ1) is 18.7. The zero-order valence-corrected chi connectivity index (χ0v) is 16.3. The van der Waals surface area contributed by atoms with Crippen LogP contribution < -0.4 is 0 Å². The number of benzene rings is 2. The van der Waals surface area contributed by atoms with Crippen molar-refractivity contribution in [1.82, 2.24) is 0 Å². The SMILES string of the molecule is CCCC1CCC(c2ccc(C3CCc4ccc(F)cc4C3)c(F)c2)CC1. The normalized spacial score (nSPS) is 25.2. The molecule has 4 rings (SSSR count). The molecule has 27 heavy (non-hydrogen) atoms. The number of aryl methyl sites for hydroxylation is 1. The van der Waals surface area contributed by atoms with Crippen LogP contribution in [-0.4, -0.2) is 0 Å². The van der Waals surface area contributed by atoms with Crippen LogP contribution in [0.4, 0.5) is 8.78 Å². The van der Waals surface area contributed by atoms with Crippen LogP contribution in [-0.2, 0) is 12.8 Å². The summed E-state index contributed by atoms with van der Waals surface area (Å²) in [5.74, 6) is 1.30. The summed E-state index contributed by atoms with van der Waals surface area (Å²) in [6.07, 6.45) is 10.2. The van der Waals surface area contributed by atoms with Crippen molar-refractivity contribution in [3.8, 4) is 0 Å². The maximum absolute atomic E-state index is 15.0. The van der Waals surface area contributed by atoms with Crippen molar-refractivity contribution in [3.05, 3.63) is 70.3 Å². The van der Waals surface area contributed by atoms with Crippen molar-refractivity contribution in [2.75, 3.05) is 0 Å². The van der Waals surface area contributed by atoms with Crippen molar-refractivity contribution in [2.45, 2.75) is 76.5 Å². The van der Waals surface area contributed by atoms with E-state index in [1.807, 2.05) is 12.1 Å². The molecular weight excluding hydrogens is 338 g/mol. The molecule has 0 bridgehead atoms. The minimum atomic E-state index is -0.191. The second-order valence-electron chi connectivity index (χ2n) is 8.64. The third kappa shape index (κ3) is 4.10. The van der Waals surface area contributed by atoms with E-state index in [1.54, 1.807) is 12.1 Å². The van der Waals surface area contributed by atoms with Gasteiger partial charge in [-0.15, -0.1) is 0 Å². The summed E-state index contributed by atoms with van der Waals surface area (Å²) in [5, 5.41) is 0. The van der Waals surface area contributed by atoms with Gasteiger partial charge in [-0.3, -0.25) is 0 Å². The van der Waals surface area contributed by atoms with Crippen LogP contribution in [0.3, 0.4) is 0 Å². The summed E-state index contributed by atoms with van der Waals surface area (Å²) in [5.41, 5.74) is 4.25. The van der Waals surface area contributed by atoms with Crippen LogP contribution in [0.15, 0.2) is 36.4 Å². The molecular formula is C25H30F2. The van der Waals surface area contributed by atoms with E-state index in [1.165, 1.54) is 55.7 Å². The Hall–Kier alpha value is -1.70. The lowest BCUT2D eigenvalue weighted by Gasteiger charge is -2.29. The summed E-state index contributed by atoms with van der Waals surface area (Å²) in [4.78, 5) is 0. The third-order valence-electron chi connectivity index (χ3n) is 6.88. The van der Waals surface area contributed by atoms with Crippen molar-refractivity contribution in [2.24, 2.45) is 5.92 Å². The predicted molar refractivity (Wildman–Crippen MR) is 107 cm³/mol.